The highest BCUT2D eigenvalue weighted by Crippen LogP contribution is 2.17. The van der Waals surface area contributed by atoms with Crippen LogP contribution >= 0.6 is 0 Å². The second-order valence-corrected chi connectivity index (χ2v) is 4.60. The molecule has 0 saturated heterocycles. The summed E-state index contributed by atoms with van der Waals surface area (Å²) >= 11 is 0. The van der Waals surface area contributed by atoms with Gasteiger partial charge in [-0.1, -0.05) is 13.3 Å². The maximum absolute atomic E-state index is 11.1. The Morgan fingerprint density at radius 1 is 1.35 bits per heavy atom. The summed E-state index contributed by atoms with van der Waals surface area (Å²) in [6.45, 7) is 3.94. The molecule has 0 bridgehead atoms. The summed E-state index contributed by atoms with van der Waals surface area (Å²) in [5, 5.41) is 12.2. The SMILES string of the molecule is CCCc1cc(C(=O)O)cc(Nc2ccc(C)nc2)n1. The molecule has 2 rings (SSSR count). The van der Waals surface area contributed by atoms with Crippen LogP contribution in [0.3, 0.4) is 0 Å². The van der Waals surface area contributed by atoms with Crippen LogP contribution in [0, 0.1) is 6.92 Å². The van der Waals surface area contributed by atoms with Crippen LogP contribution in [0.2, 0.25) is 0 Å². The molecule has 2 aromatic rings. The number of pyridine rings is 2. The van der Waals surface area contributed by atoms with Crippen molar-refractivity contribution in [1.82, 2.24) is 9.97 Å². The topological polar surface area (TPSA) is 75.1 Å². The Morgan fingerprint density at radius 2 is 2.15 bits per heavy atom. The van der Waals surface area contributed by atoms with Crippen molar-refractivity contribution in [2.24, 2.45) is 0 Å². The number of nitrogens with zero attached hydrogens (tertiary/aromatic N) is 2. The number of carboxylic acid groups (broad SMARTS) is 1. The van der Waals surface area contributed by atoms with Crippen LogP contribution in [0.1, 0.15) is 35.1 Å². The highest BCUT2D eigenvalue weighted by Gasteiger charge is 2.08. The molecule has 0 aliphatic carbocycles. The fourth-order valence-electron chi connectivity index (χ4n) is 1.85. The minimum Gasteiger partial charge on any atom is -0.478 e. The first-order valence-corrected chi connectivity index (χ1v) is 6.52. The second-order valence-electron chi connectivity index (χ2n) is 4.60. The predicted octanol–water partition coefficient (Wildman–Crippen LogP) is 3.18. The van der Waals surface area contributed by atoms with Gasteiger partial charge in [-0.2, -0.15) is 0 Å². The van der Waals surface area contributed by atoms with Gasteiger partial charge in [-0.25, -0.2) is 9.78 Å². The third kappa shape index (κ3) is 3.54. The van der Waals surface area contributed by atoms with E-state index in [0.29, 0.717) is 5.82 Å². The highest BCUT2D eigenvalue weighted by molar-refractivity contribution is 5.88. The first-order chi connectivity index (χ1) is 9.58. The smallest absolute Gasteiger partial charge is 0.335 e. The number of carbonyl (C=O) groups is 1. The Labute approximate surface area is 117 Å². The Kier molecular flexibility index (Phi) is 4.30. The van der Waals surface area contributed by atoms with E-state index in [4.69, 9.17) is 5.11 Å². The van der Waals surface area contributed by atoms with Crippen LogP contribution in [-0.2, 0) is 6.42 Å². The Morgan fingerprint density at radius 3 is 2.75 bits per heavy atom. The molecule has 0 atom stereocenters. The summed E-state index contributed by atoms with van der Waals surface area (Å²) in [7, 11) is 0. The van der Waals surface area contributed by atoms with Gasteiger partial charge in [0.25, 0.3) is 0 Å². The van der Waals surface area contributed by atoms with Crippen molar-refractivity contribution in [3.8, 4) is 0 Å². The summed E-state index contributed by atoms with van der Waals surface area (Å²) < 4.78 is 0. The monoisotopic (exact) mass is 271 g/mol. The standard InChI is InChI=1S/C15H17N3O2/c1-3-4-12-7-11(15(19)20)8-14(17-12)18-13-6-5-10(2)16-9-13/h5-9H,3-4H2,1-2H3,(H,17,18)(H,19,20). The predicted molar refractivity (Wildman–Crippen MR) is 77.4 cm³/mol. The molecule has 2 N–H and O–H groups in total. The second kappa shape index (κ2) is 6.14. The van der Waals surface area contributed by atoms with E-state index in [1.165, 1.54) is 6.07 Å². The summed E-state index contributed by atoms with van der Waals surface area (Å²) in [6.07, 6.45) is 3.37. The average Bonchev–Trinajstić information content (AvgIpc) is 2.41. The Bertz CT molecular complexity index is 609. The van der Waals surface area contributed by atoms with Gasteiger partial charge in [0, 0.05) is 11.4 Å². The normalized spacial score (nSPS) is 10.3. The van der Waals surface area contributed by atoms with Crippen LogP contribution in [0.25, 0.3) is 0 Å². The van der Waals surface area contributed by atoms with E-state index in [1.807, 2.05) is 26.0 Å². The van der Waals surface area contributed by atoms with Crippen LogP contribution in [-0.4, -0.2) is 21.0 Å². The quantitative estimate of drug-likeness (QED) is 0.873. The zero-order chi connectivity index (χ0) is 14.5. The van der Waals surface area contributed by atoms with Crippen molar-refractivity contribution in [1.29, 1.82) is 0 Å². The van der Waals surface area contributed by atoms with Gasteiger partial charge in [0.2, 0.25) is 0 Å². The largest absolute Gasteiger partial charge is 0.478 e. The molecular weight excluding hydrogens is 254 g/mol. The number of hydrogen-bond donors (Lipinski definition) is 2. The Hall–Kier alpha value is -2.43. The summed E-state index contributed by atoms with van der Waals surface area (Å²) in [5.74, 6) is -0.422. The molecule has 104 valence electrons. The van der Waals surface area contributed by atoms with E-state index in [2.05, 4.69) is 15.3 Å². The fourth-order valence-corrected chi connectivity index (χ4v) is 1.85. The van der Waals surface area contributed by atoms with Crippen molar-refractivity contribution in [3.63, 3.8) is 0 Å². The molecule has 0 radical (unpaired) electrons. The fraction of sp³-hybridized carbons (Fsp3) is 0.267. The van der Waals surface area contributed by atoms with Gasteiger partial charge < -0.3 is 10.4 Å². The first-order valence-electron chi connectivity index (χ1n) is 6.52. The Balaban J connectivity index is 2.29. The van der Waals surface area contributed by atoms with E-state index >= 15 is 0 Å². The highest BCUT2D eigenvalue weighted by atomic mass is 16.4. The van der Waals surface area contributed by atoms with E-state index in [1.54, 1.807) is 12.3 Å². The van der Waals surface area contributed by atoms with Crippen molar-refractivity contribution in [2.45, 2.75) is 26.7 Å². The van der Waals surface area contributed by atoms with E-state index < -0.39 is 5.97 Å². The van der Waals surface area contributed by atoms with Gasteiger partial charge >= 0.3 is 5.97 Å². The van der Waals surface area contributed by atoms with Crippen LogP contribution < -0.4 is 5.32 Å². The molecule has 0 fully saturated rings. The molecule has 0 amide bonds. The van der Waals surface area contributed by atoms with Gasteiger partial charge in [0.15, 0.2) is 0 Å². The minimum atomic E-state index is -0.949. The van der Waals surface area contributed by atoms with Gasteiger partial charge in [0.1, 0.15) is 5.82 Å². The molecule has 0 aromatic carbocycles. The number of anilines is 2. The molecular formula is C15H17N3O2. The molecule has 5 nitrogen and oxygen atoms in total. The maximum atomic E-state index is 11.1. The van der Waals surface area contributed by atoms with E-state index in [0.717, 1.165) is 29.9 Å². The summed E-state index contributed by atoms with van der Waals surface area (Å²) in [5.41, 5.74) is 2.73. The van der Waals surface area contributed by atoms with Crippen molar-refractivity contribution in [2.75, 3.05) is 5.32 Å². The third-order valence-electron chi connectivity index (χ3n) is 2.82. The maximum Gasteiger partial charge on any atom is 0.335 e. The first kappa shape index (κ1) is 14.0. The van der Waals surface area contributed by atoms with Gasteiger partial charge in [-0.05, 0) is 37.6 Å². The molecule has 2 aromatic heterocycles. The molecule has 2 heterocycles. The number of carboxylic acids is 1. The lowest BCUT2D eigenvalue weighted by Gasteiger charge is -2.09. The summed E-state index contributed by atoms with van der Waals surface area (Å²) in [4.78, 5) is 19.7. The number of aromatic carboxylic acids is 1. The van der Waals surface area contributed by atoms with Gasteiger partial charge in [-0.3, -0.25) is 4.98 Å². The van der Waals surface area contributed by atoms with Gasteiger partial charge in [0.05, 0.1) is 17.4 Å². The lowest BCUT2D eigenvalue weighted by molar-refractivity contribution is 0.0696. The number of rotatable bonds is 5. The lowest BCUT2D eigenvalue weighted by Crippen LogP contribution is -2.04. The number of nitrogens with one attached hydrogen (secondary N) is 1. The molecule has 0 saturated carbocycles. The molecule has 0 unspecified atom stereocenters. The third-order valence-corrected chi connectivity index (χ3v) is 2.82. The van der Waals surface area contributed by atoms with E-state index in [-0.39, 0.29) is 5.56 Å². The van der Waals surface area contributed by atoms with Crippen molar-refractivity contribution in [3.05, 3.63) is 47.4 Å². The zero-order valence-corrected chi connectivity index (χ0v) is 11.6. The number of hydrogen-bond acceptors (Lipinski definition) is 4. The van der Waals surface area contributed by atoms with Crippen LogP contribution in [0.5, 0.6) is 0 Å². The van der Waals surface area contributed by atoms with Gasteiger partial charge in [-0.15, -0.1) is 0 Å². The molecule has 20 heavy (non-hydrogen) atoms. The number of aryl methyl sites for hydroxylation is 2. The molecule has 5 heteroatoms. The molecule has 0 aliphatic heterocycles. The van der Waals surface area contributed by atoms with E-state index in [9.17, 15) is 4.79 Å². The van der Waals surface area contributed by atoms with Crippen LogP contribution in [0.15, 0.2) is 30.5 Å². The summed E-state index contributed by atoms with van der Waals surface area (Å²) in [6, 6.07) is 6.92. The number of aromatic nitrogens is 2. The molecule has 0 aliphatic rings. The zero-order valence-electron chi connectivity index (χ0n) is 11.6. The van der Waals surface area contributed by atoms with Crippen molar-refractivity contribution < 1.29 is 9.90 Å². The van der Waals surface area contributed by atoms with Crippen molar-refractivity contribution >= 4 is 17.5 Å². The average molecular weight is 271 g/mol. The lowest BCUT2D eigenvalue weighted by atomic mass is 10.1. The molecule has 0 spiro atoms. The minimum absolute atomic E-state index is 0.242. The van der Waals surface area contributed by atoms with Crippen LogP contribution in [0.4, 0.5) is 11.5 Å².